The first-order valence-corrected chi connectivity index (χ1v) is 12.3. The Bertz CT molecular complexity index is 1070. The molecule has 0 aromatic heterocycles. The van der Waals surface area contributed by atoms with Gasteiger partial charge in [-0.25, -0.2) is 0 Å². The summed E-state index contributed by atoms with van der Waals surface area (Å²) in [5.41, 5.74) is 3.24. The smallest absolute Gasteiger partial charge is 0.174 e. The van der Waals surface area contributed by atoms with Gasteiger partial charge < -0.3 is 18.9 Å². The Morgan fingerprint density at radius 1 is 0.971 bits per heavy atom. The second-order valence-electron chi connectivity index (χ2n) is 8.22. The molecule has 1 saturated heterocycles. The Morgan fingerprint density at radius 2 is 1.69 bits per heavy atom. The van der Waals surface area contributed by atoms with Gasteiger partial charge in [-0.2, -0.15) is 0 Å². The summed E-state index contributed by atoms with van der Waals surface area (Å²) in [5.74, 6) is 2.98. The van der Waals surface area contributed by atoms with Gasteiger partial charge in [0.2, 0.25) is 0 Å². The molecule has 1 fully saturated rings. The van der Waals surface area contributed by atoms with E-state index in [2.05, 4.69) is 63.2 Å². The molecular weight excluding hydrogens is 508 g/mol. The lowest BCUT2D eigenvalue weighted by Crippen LogP contribution is -2.48. The molecule has 3 rings (SSSR count). The van der Waals surface area contributed by atoms with Gasteiger partial charge in [-0.15, -0.1) is 0 Å². The zero-order valence-electron chi connectivity index (χ0n) is 21.1. The fraction of sp³-hybridized carbons (Fsp3) is 0.357. The highest BCUT2D eigenvalue weighted by Gasteiger charge is 2.33. The van der Waals surface area contributed by atoms with Crippen molar-refractivity contribution in [2.45, 2.75) is 19.1 Å². The van der Waals surface area contributed by atoms with Crippen LogP contribution in [0.25, 0.3) is 0 Å². The molecule has 2 aromatic carbocycles. The van der Waals surface area contributed by atoms with Crippen molar-refractivity contribution < 1.29 is 18.9 Å². The molecule has 0 radical (unpaired) electrons. The van der Waals surface area contributed by atoms with Gasteiger partial charge in [0.15, 0.2) is 11.5 Å². The van der Waals surface area contributed by atoms with Gasteiger partial charge >= 0.3 is 0 Å². The maximum absolute atomic E-state index is 5.68. The Kier molecular flexibility index (Phi) is 9.83. The Labute approximate surface area is 217 Å². The molecule has 1 aliphatic rings. The van der Waals surface area contributed by atoms with E-state index in [-0.39, 0.29) is 6.17 Å². The summed E-state index contributed by atoms with van der Waals surface area (Å²) in [6.45, 7) is 11.2. The van der Waals surface area contributed by atoms with Gasteiger partial charge in [0.1, 0.15) is 11.5 Å². The quantitative estimate of drug-likeness (QED) is 0.258. The normalized spacial score (nSPS) is 17.3. The Balaban J connectivity index is 2.09. The summed E-state index contributed by atoms with van der Waals surface area (Å²) in [6, 6.07) is 12.3. The SMILES string of the molecule is C=C/C(CN1CCCN(Cc2ccccc2OC)C1c1cc(Br)c(OC)c(OC)c1)=C(\C=C)OC. The minimum Gasteiger partial charge on any atom is -0.496 e. The highest BCUT2D eigenvalue weighted by molar-refractivity contribution is 9.10. The van der Waals surface area contributed by atoms with Crippen LogP contribution in [0.15, 0.2) is 77.5 Å². The minimum atomic E-state index is -0.0253. The zero-order chi connectivity index (χ0) is 25.4. The predicted molar refractivity (Wildman–Crippen MR) is 144 cm³/mol. The van der Waals surface area contributed by atoms with Crippen molar-refractivity contribution in [2.24, 2.45) is 0 Å². The highest BCUT2D eigenvalue weighted by Crippen LogP contribution is 2.41. The molecule has 1 heterocycles. The number of hydrogen-bond acceptors (Lipinski definition) is 6. The molecule has 7 heteroatoms. The van der Waals surface area contributed by atoms with E-state index in [9.17, 15) is 0 Å². The molecule has 2 aromatic rings. The number of benzene rings is 2. The predicted octanol–water partition coefficient (Wildman–Crippen LogP) is 5.95. The standard InChI is InChI=1S/C28H35BrN2O4/c1-7-20(24(8-2)32-3)18-30-14-11-15-31(19-21-12-9-10-13-25(21)33-4)28(30)22-16-23(29)27(35-6)26(17-22)34-5/h7-10,12-13,16-17,28H,1-2,11,14-15,18-19H2,3-6H3/b24-20-. The Hall–Kier alpha value is -2.74. The number of para-hydroxylation sites is 1. The summed E-state index contributed by atoms with van der Waals surface area (Å²) in [6.07, 6.45) is 4.58. The van der Waals surface area contributed by atoms with E-state index >= 15 is 0 Å². The average Bonchev–Trinajstić information content (AvgIpc) is 2.88. The number of rotatable bonds is 11. The summed E-state index contributed by atoms with van der Waals surface area (Å²) >= 11 is 3.68. The molecule has 0 aliphatic carbocycles. The van der Waals surface area contributed by atoms with Crippen molar-refractivity contribution in [1.82, 2.24) is 9.80 Å². The van der Waals surface area contributed by atoms with Crippen LogP contribution in [0.3, 0.4) is 0 Å². The topological polar surface area (TPSA) is 43.4 Å². The number of hydrogen-bond donors (Lipinski definition) is 0. The number of nitrogens with zero attached hydrogens (tertiary/aromatic N) is 2. The Morgan fingerprint density at radius 3 is 2.31 bits per heavy atom. The van der Waals surface area contributed by atoms with E-state index in [1.54, 1.807) is 34.5 Å². The third-order valence-corrected chi connectivity index (χ3v) is 6.83. The molecule has 0 spiro atoms. The van der Waals surface area contributed by atoms with E-state index < -0.39 is 0 Å². The highest BCUT2D eigenvalue weighted by atomic mass is 79.9. The summed E-state index contributed by atoms with van der Waals surface area (Å²) in [7, 11) is 6.68. The number of ether oxygens (including phenoxy) is 4. The second-order valence-corrected chi connectivity index (χ2v) is 9.07. The van der Waals surface area contributed by atoms with Crippen LogP contribution in [0.2, 0.25) is 0 Å². The van der Waals surface area contributed by atoms with Crippen LogP contribution in [0.4, 0.5) is 0 Å². The van der Waals surface area contributed by atoms with Crippen LogP contribution < -0.4 is 14.2 Å². The second kappa shape index (κ2) is 12.8. The summed E-state index contributed by atoms with van der Waals surface area (Å²) in [4.78, 5) is 4.91. The van der Waals surface area contributed by atoms with Gasteiger partial charge in [0, 0.05) is 37.3 Å². The van der Waals surface area contributed by atoms with Gasteiger partial charge in [0.25, 0.3) is 0 Å². The van der Waals surface area contributed by atoms with Crippen LogP contribution >= 0.6 is 15.9 Å². The average molecular weight is 544 g/mol. The molecule has 0 saturated carbocycles. The molecule has 0 bridgehead atoms. The largest absolute Gasteiger partial charge is 0.496 e. The molecule has 1 atom stereocenters. The first-order chi connectivity index (χ1) is 17.0. The van der Waals surface area contributed by atoms with Crippen molar-refractivity contribution in [3.63, 3.8) is 0 Å². The van der Waals surface area contributed by atoms with Crippen molar-refractivity contribution in [2.75, 3.05) is 48.1 Å². The van der Waals surface area contributed by atoms with Gasteiger partial charge in [0.05, 0.1) is 39.1 Å². The molecule has 1 unspecified atom stereocenters. The molecular formula is C28H35BrN2O4. The van der Waals surface area contributed by atoms with Gasteiger partial charge in [-0.3, -0.25) is 9.80 Å². The first-order valence-electron chi connectivity index (χ1n) is 11.5. The number of methoxy groups -OCH3 is 4. The van der Waals surface area contributed by atoms with Crippen LogP contribution in [0.5, 0.6) is 17.2 Å². The van der Waals surface area contributed by atoms with Crippen molar-refractivity contribution >= 4 is 15.9 Å². The summed E-state index contributed by atoms with van der Waals surface area (Å²) < 4.78 is 23.3. The van der Waals surface area contributed by atoms with E-state index in [4.69, 9.17) is 18.9 Å². The molecule has 1 aliphatic heterocycles. The van der Waals surface area contributed by atoms with Crippen LogP contribution in [-0.4, -0.2) is 57.9 Å². The van der Waals surface area contributed by atoms with Crippen LogP contribution in [0, 0.1) is 0 Å². The number of allylic oxidation sites excluding steroid dienone is 1. The maximum Gasteiger partial charge on any atom is 0.174 e. The third-order valence-electron chi connectivity index (χ3n) is 6.24. The maximum atomic E-state index is 5.68. The zero-order valence-corrected chi connectivity index (χ0v) is 22.6. The van der Waals surface area contributed by atoms with Crippen LogP contribution in [-0.2, 0) is 11.3 Å². The fourth-order valence-electron chi connectivity index (χ4n) is 4.65. The van der Waals surface area contributed by atoms with Crippen LogP contribution in [0.1, 0.15) is 23.7 Å². The van der Waals surface area contributed by atoms with Crippen molar-refractivity contribution in [3.8, 4) is 17.2 Å². The summed E-state index contributed by atoms with van der Waals surface area (Å²) in [5, 5.41) is 0. The molecule has 0 amide bonds. The van der Waals surface area contributed by atoms with Gasteiger partial charge in [-0.05, 0) is 52.2 Å². The monoisotopic (exact) mass is 542 g/mol. The lowest BCUT2D eigenvalue weighted by molar-refractivity contribution is 0.00194. The first kappa shape index (κ1) is 26.9. The lowest BCUT2D eigenvalue weighted by Gasteiger charge is -2.45. The fourth-order valence-corrected chi connectivity index (χ4v) is 5.27. The molecule has 0 N–H and O–H groups in total. The molecule has 188 valence electrons. The molecule has 6 nitrogen and oxygen atoms in total. The third kappa shape index (κ3) is 6.10. The molecule has 35 heavy (non-hydrogen) atoms. The van der Waals surface area contributed by atoms with E-state index in [0.29, 0.717) is 18.0 Å². The van der Waals surface area contributed by atoms with E-state index in [1.807, 2.05) is 18.2 Å². The van der Waals surface area contributed by atoms with E-state index in [1.165, 1.54) is 0 Å². The van der Waals surface area contributed by atoms with Gasteiger partial charge in [-0.1, -0.05) is 37.4 Å². The lowest BCUT2D eigenvalue weighted by atomic mass is 10.0. The van der Waals surface area contributed by atoms with E-state index in [0.717, 1.165) is 58.7 Å². The van der Waals surface area contributed by atoms with Crippen molar-refractivity contribution in [1.29, 1.82) is 0 Å². The number of halogens is 1. The van der Waals surface area contributed by atoms with Crippen molar-refractivity contribution in [3.05, 3.63) is 88.6 Å². The minimum absolute atomic E-state index is 0.0253.